The van der Waals surface area contributed by atoms with E-state index in [0.29, 0.717) is 25.2 Å². The Morgan fingerprint density at radius 3 is 2.28 bits per heavy atom. The Bertz CT molecular complexity index is 925. The van der Waals surface area contributed by atoms with Gasteiger partial charge in [0, 0.05) is 12.1 Å². The molecular formula is C22H23N3O4. The van der Waals surface area contributed by atoms with Gasteiger partial charge in [-0.1, -0.05) is 49.0 Å². The van der Waals surface area contributed by atoms with Crippen molar-refractivity contribution in [2.24, 2.45) is 11.7 Å². The van der Waals surface area contributed by atoms with Gasteiger partial charge < -0.3 is 16.2 Å². The highest BCUT2D eigenvalue weighted by molar-refractivity contribution is 6.13. The molecule has 2 aromatic carbocycles. The summed E-state index contributed by atoms with van der Waals surface area (Å²) >= 11 is 0. The average Bonchev–Trinajstić information content (AvgIpc) is 2.71. The third-order valence-electron chi connectivity index (χ3n) is 4.97. The predicted octanol–water partition coefficient (Wildman–Crippen LogP) is 2.21. The van der Waals surface area contributed by atoms with Crippen LogP contribution in [0.4, 0.5) is 0 Å². The topological polar surface area (TPSA) is 113 Å². The Balaban J connectivity index is 1.69. The zero-order valence-electron chi connectivity index (χ0n) is 15.9. The predicted molar refractivity (Wildman–Crippen MR) is 109 cm³/mol. The lowest BCUT2D eigenvalue weighted by molar-refractivity contribution is -0.166. The molecule has 0 aliphatic carbocycles. The Morgan fingerprint density at radius 2 is 1.69 bits per heavy atom. The first-order valence-electron chi connectivity index (χ1n) is 9.34. The number of hydrogen-bond donors (Lipinski definition) is 3. The molecule has 2 amide bonds. The van der Waals surface area contributed by atoms with Gasteiger partial charge in [0.25, 0.3) is 5.91 Å². The van der Waals surface area contributed by atoms with Crippen LogP contribution in [0.3, 0.4) is 0 Å². The van der Waals surface area contributed by atoms with Crippen LogP contribution in [-0.4, -0.2) is 40.4 Å². The van der Waals surface area contributed by atoms with Gasteiger partial charge in [-0.3, -0.25) is 14.5 Å². The normalized spacial score (nSPS) is 18.1. The lowest BCUT2D eigenvalue weighted by atomic mass is 9.83. The Kier molecular flexibility index (Phi) is 5.97. The fourth-order valence-corrected chi connectivity index (χ4v) is 3.48. The number of carbonyl (C=O) groups is 3. The first kappa shape index (κ1) is 20.1. The van der Waals surface area contributed by atoms with E-state index in [9.17, 15) is 19.5 Å². The minimum absolute atomic E-state index is 0.281. The van der Waals surface area contributed by atoms with Crippen molar-refractivity contribution in [2.45, 2.75) is 18.9 Å². The second-order valence-corrected chi connectivity index (χ2v) is 6.94. The summed E-state index contributed by atoms with van der Waals surface area (Å²) in [5.74, 6) is -2.63. The number of nitrogens with two attached hydrogens (primary N) is 1. The van der Waals surface area contributed by atoms with E-state index >= 15 is 0 Å². The van der Waals surface area contributed by atoms with Crippen LogP contribution in [0.25, 0.3) is 11.1 Å². The lowest BCUT2D eigenvalue weighted by Crippen LogP contribution is -2.66. The van der Waals surface area contributed by atoms with E-state index in [0.717, 1.165) is 16.0 Å². The number of aliphatic carboxylic acids is 1. The highest BCUT2D eigenvalue weighted by Crippen LogP contribution is 2.32. The highest BCUT2D eigenvalue weighted by atomic mass is 16.4. The molecule has 3 rings (SSSR count). The van der Waals surface area contributed by atoms with Crippen LogP contribution < -0.4 is 11.1 Å². The van der Waals surface area contributed by atoms with Gasteiger partial charge in [0.1, 0.15) is 6.04 Å². The maximum absolute atomic E-state index is 12.8. The second-order valence-electron chi connectivity index (χ2n) is 6.94. The van der Waals surface area contributed by atoms with E-state index in [-0.39, 0.29) is 5.56 Å². The van der Waals surface area contributed by atoms with Crippen LogP contribution in [0.5, 0.6) is 0 Å². The molecular weight excluding hydrogens is 370 g/mol. The Hall–Kier alpha value is -3.61. The molecule has 150 valence electrons. The molecule has 2 aromatic rings. The van der Waals surface area contributed by atoms with E-state index in [1.807, 2.05) is 30.3 Å². The van der Waals surface area contributed by atoms with Gasteiger partial charge >= 0.3 is 5.97 Å². The van der Waals surface area contributed by atoms with Crippen molar-refractivity contribution in [1.29, 1.82) is 0 Å². The maximum atomic E-state index is 12.8. The monoisotopic (exact) mass is 393 g/mol. The third-order valence-corrected chi connectivity index (χ3v) is 4.97. The van der Waals surface area contributed by atoms with E-state index in [2.05, 4.69) is 11.9 Å². The second kappa shape index (κ2) is 8.60. The molecule has 29 heavy (non-hydrogen) atoms. The van der Waals surface area contributed by atoms with Gasteiger partial charge in [-0.2, -0.15) is 0 Å². The summed E-state index contributed by atoms with van der Waals surface area (Å²) < 4.78 is 0. The van der Waals surface area contributed by atoms with E-state index in [1.54, 1.807) is 24.3 Å². The number of likely N-dealkylation sites (tertiary alicyclic amines) is 1. The zero-order chi connectivity index (χ0) is 21.0. The van der Waals surface area contributed by atoms with Gasteiger partial charge in [0.15, 0.2) is 0 Å². The molecule has 1 fully saturated rings. The Labute approximate surface area is 168 Å². The molecule has 4 N–H and O–H groups in total. The average molecular weight is 393 g/mol. The number of carbonyl (C=O) groups excluding carboxylic acids is 2. The first-order chi connectivity index (χ1) is 13.9. The zero-order valence-corrected chi connectivity index (χ0v) is 15.9. The van der Waals surface area contributed by atoms with Crippen molar-refractivity contribution in [3.63, 3.8) is 0 Å². The number of imide groups is 1. The molecule has 2 atom stereocenters. The lowest BCUT2D eigenvalue weighted by Gasteiger charge is -2.43. The molecule has 0 saturated carbocycles. The van der Waals surface area contributed by atoms with Crippen molar-refractivity contribution in [2.75, 3.05) is 6.54 Å². The number of nitrogens with one attached hydrogen (secondary N) is 1. The molecule has 1 heterocycles. The van der Waals surface area contributed by atoms with Gasteiger partial charge in [-0.25, -0.2) is 4.79 Å². The SMILES string of the molecule is C=C(N)NCCC[C@H]1C(=O)N(C(=O)c2ccc(-c3ccccc3)cc2)C1C(=O)O. The maximum Gasteiger partial charge on any atom is 0.327 e. The van der Waals surface area contributed by atoms with Crippen LogP contribution in [0, 0.1) is 5.92 Å². The van der Waals surface area contributed by atoms with Crippen LogP contribution >= 0.6 is 0 Å². The molecule has 1 aliphatic rings. The van der Waals surface area contributed by atoms with Crippen molar-refractivity contribution < 1.29 is 19.5 Å². The van der Waals surface area contributed by atoms with E-state index in [4.69, 9.17) is 5.73 Å². The summed E-state index contributed by atoms with van der Waals surface area (Å²) in [6.45, 7) is 4.00. The number of benzene rings is 2. The molecule has 1 saturated heterocycles. The van der Waals surface area contributed by atoms with Gasteiger partial charge in [-0.05, 0) is 36.1 Å². The van der Waals surface area contributed by atoms with Crippen molar-refractivity contribution in [3.05, 3.63) is 72.6 Å². The molecule has 0 bridgehead atoms. The minimum atomic E-state index is -1.18. The number of β-lactam (4-membered cyclic amide) rings is 1. The summed E-state index contributed by atoms with van der Waals surface area (Å²) in [6, 6.07) is 15.3. The van der Waals surface area contributed by atoms with Crippen LogP contribution in [-0.2, 0) is 9.59 Å². The quantitative estimate of drug-likeness (QED) is 0.360. The van der Waals surface area contributed by atoms with Crippen molar-refractivity contribution >= 4 is 17.8 Å². The molecule has 7 heteroatoms. The summed E-state index contributed by atoms with van der Waals surface area (Å²) in [5.41, 5.74) is 7.63. The number of carboxylic acid groups (broad SMARTS) is 1. The van der Waals surface area contributed by atoms with E-state index in [1.165, 1.54) is 0 Å². The third kappa shape index (κ3) is 4.29. The number of carboxylic acids is 1. The fourth-order valence-electron chi connectivity index (χ4n) is 3.48. The molecule has 0 spiro atoms. The molecule has 0 radical (unpaired) electrons. The van der Waals surface area contributed by atoms with Gasteiger partial charge in [-0.15, -0.1) is 0 Å². The summed E-state index contributed by atoms with van der Waals surface area (Å²) in [6.07, 6.45) is 0.900. The smallest absolute Gasteiger partial charge is 0.327 e. The minimum Gasteiger partial charge on any atom is -0.480 e. The van der Waals surface area contributed by atoms with Crippen LogP contribution in [0.15, 0.2) is 67.0 Å². The standard InChI is InChI=1S/C22H23N3O4/c1-14(23)24-13-5-8-18-19(22(28)29)25(21(18)27)20(26)17-11-9-16(10-12-17)15-6-3-2-4-7-15/h2-4,6-7,9-12,18-19,24H,1,5,8,13,23H2,(H,28,29)/t18-,19?/m1/s1. The van der Waals surface area contributed by atoms with Gasteiger partial charge in [0.2, 0.25) is 5.91 Å². The van der Waals surface area contributed by atoms with E-state index < -0.39 is 29.7 Å². The number of nitrogens with zero attached hydrogens (tertiary/aromatic N) is 1. The molecule has 0 aromatic heterocycles. The number of rotatable bonds is 8. The summed E-state index contributed by atoms with van der Waals surface area (Å²) in [4.78, 5) is 37.8. The van der Waals surface area contributed by atoms with Crippen LogP contribution in [0.1, 0.15) is 23.2 Å². The first-order valence-corrected chi connectivity index (χ1v) is 9.34. The van der Waals surface area contributed by atoms with Crippen molar-refractivity contribution in [3.8, 4) is 11.1 Å². The fraction of sp³-hybridized carbons (Fsp3) is 0.227. The Morgan fingerprint density at radius 1 is 1.07 bits per heavy atom. The molecule has 1 unspecified atom stereocenters. The van der Waals surface area contributed by atoms with Crippen molar-refractivity contribution in [1.82, 2.24) is 10.2 Å². The summed E-state index contributed by atoms with van der Waals surface area (Å²) in [5, 5.41) is 12.4. The molecule has 1 aliphatic heterocycles. The van der Waals surface area contributed by atoms with Crippen LogP contribution in [0.2, 0.25) is 0 Å². The largest absolute Gasteiger partial charge is 0.480 e. The van der Waals surface area contributed by atoms with Gasteiger partial charge in [0.05, 0.1) is 11.7 Å². The number of hydrogen-bond acceptors (Lipinski definition) is 5. The summed E-state index contributed by atoms with van der Waals surface area (Å²) in [7, 11) is 0. The molecule has 7 nitrogen and oxygen atoms in total. The number of amides is 2. The highest BCUT2D eigenvalue weighted by Gasteiger charge is 2.54.